The first-order valence-electron chi connectivity index (χ1n) is 14.1. The van der Waals surface area contributed by atoms with Crippen LogP contribution >= 0.6 is 11.6 Å². The molecular formula is C32H46ClNO. The van der Waals surface area contributed by atoms with Crippen molar-refractivity contribution in [3.05, 3.63) is 59.1 Å². The lowest BCUT2D eigenvalue weighted by Gasteiger charge is -2.25. The van der Waals surface area contributed by atoms with Gasteiger partial charge in [0.15, 0.2) is 0 Å². The van der Waals surface area contributed by atoms with Crippen molar-refractivity contribution in [3.8, 4) is 0 Å². The Kier molecular flexibility index (Phi) is 12.4. The molecule has 0 amide bonds. The summed E-state index contributed by atoms with van der Waals surface area (Å²) in [6.45, 7) is 7.43. The Morgan fingerprint density at radius 2 is 1.26 bits per heavy atom. The van der Waals surface area contributed by atoms with Crippen molar-refractivity contribution in [3.63, 3.8) is 0 Å². The van der Waals surface area contributed by atoms with Crippen LogP contribution in [0.2, 0.25) is 5.02 Å². The molecule has 1 N–H and O–H groups in total. The Balaban J connectivity index is 1.65. The number of aliphatic hydroxyl groups excluding tert-OH is 1. The van der Waals surface area contributed by atoms with Crippen molar-refractivity contribution >= 4 is 33.1 Å². The maximum absolute atomic E-state index is 11.3. The van der Waals surface area contributed by atoms with Gasteiger partial charge in [-0.25, -0.2) is 0 Å². The van der Waals surface area contributed by atoms with Crippen molar-refractivity contribution < 1.29 is 5.11 Å². The smallest absolute Gasteiger partial charge is 0.0917 e. The number of hydrogen-bond donors (Lipinski definition) is 1. The van der Waals surface area contributed by atoms with Crippen LogP contribution in [0.5, 0.6) is 0 Å². The molecule has 0 spiro atoms. The van der Waals surface area contributed by atoms with E-state index in [4.69, 9.17) is 11.6 Å². The highest BCUT2D eigenvalue weighted by molar-refractivity contribution is 6.37. The third kappa shape index (κ3) is 8.77. The predicted molar refractivity (Wildman–Crippen MR) is 155 cm³/mol. The fourth-order valence-corrected chi connectivity index (χ4v) is 5.44. The number of nitrogens with zero attached hydrogens (tertiary/aromatic N) is 1. The second-order valence-electron chi connectivity index (χ2n) is 10.2. The molecule has 192 valence electrons. The third-order valence-electron chi connectivity index (χ3n) is 7.31. The summed E-state index contributed by atoms with van der Waals surface area (Å²) >= 11 is 6.53. The first-order valence-corrected chi connectivity index (χ1v) is 14.5. The molecule has 2 nitrogen and oxygen atoms in total. The Bertz CT molecular complexity index is 1000. The Morgan fingerprint density at radius 1 is 0.686 bits per heavy atom. The van der Waals surface area contributed by atoms with Gasteiger partial charge in [0.25, 0.3) is 0 Å². The van der Waals surface area contributed by atoms with Crippen LogP contribution in [0.15, 0.2) is 48.5 Å². The molecule has 0 heterocycles. The van der Waals surface area contributed by atoms with E-state index in [0.717, 1.165) is 39.8 Å². The van der Waals surface area contributed by atoms with Gasteiger partial charge < -0.3 is 10.0 Å². The number of halogens is 1. The van der Waals surface area contributed by atoms with Crippen LogP contribution in [-0.4, -0.2) is 29.6 Å². The third-order valence-corrected chi connectivity index (χ3v) is 7.62. The predicted octanol–water partition coefficient (Wildman–Crippen LogP) is 9.70. The van der Waals surface area contributed by atoms with E-state index in [-0.39, 0.29) is 0 Å². The molecule has 0 fully saturated rings. The topological polar surface area (TPSA) is 23.5 Å². The van der Waals surface area contributed by atoms with Crippen LogP contribution in [0.1, 0.15) is 103 Å². The van der Waals surface area contributed by atoms with E-state index in [2.05, 4.69) is 55.1 Å². The van der Waals surface area contributed by atoms with Crippen molar-refractivity contribution in [2.45, 2.75) is 97.0 Å². The minimum absolute atomic E-state index is 0.478. The Hall–Kier alpha value is -1.61. The van der Waals surface area contributed by atoms with Gasteiger partial charge in [0, 0.05) is 17.0 Å². The molecule has 0 aliphatic heterocycles. The fraction of sp³-hybridized carbons (Fsp3) is 0.562. The van der Waals surface area contributed by atoms with Gasteiger partial charge in [-0.2, -0.15) is 0 Å². The Labute approximate surface area is 218 Å². The number of benzene rings is 3. The SMILES string of the molecule is CCCCCCCCN(CCCCCCCC)C[C@H](O)c1ccc2cc(Cl)c3ccccc3c2c1. The zero-order valence-corrected chi connectivity index (χ0v) is 22.8. The summed E-state index contributed by atoms with van der Waals surface area (Å²) in [5.41, 5.74) is 1.00. The monoisotopic (exact) mass is 495 g/mol. The van der Waals surface area contributed by atoms with Crippen LogP contribution in [0.4, 0.5) is 0 Å². The lowest BCUT2D eigenvalue weighted by Crippen LogP contribution is -2.31. The van der Waals surface area contributed by atoms with E-state index in [1.54, 1.807) is 0 Å². The molecule has 0 aliphatic rings. The maximum atomic E-state index is 11.3. The van der Waals surface area contributed by atoms with Crippen LogP contribution in [0, 0.1) is 0 Å². The highest BCUT2D eigenvalue weighted by atomic mass is 35.5. The summed E-state index contributed by atoms with van der Waals surface area (Å²) in [6.07, 6.45) is 15.2. The summed E-state index contributed by atoms with van der Waals surface area (Å²) in [4.78, 5) is 2.51. The highest BCUT2D eigenvalue weighted by Gasteiger charge is 2.15. The van der Waals surface area contributed by atoms with Gasteiger partial charge in [0.2, 0.25) is 0 Å². The highest BCUT2D eigenvalue weighted by Crippen LogP contribution is 2.33. The average Bonchev–Trinajstić information content (AvgIpc) is 2.88. The number of hydrogen-bond acceptors (Lipinski definition) is 2. The van der Waals surface area contributed by atoms with Crippen LogP contribution in [0.3, 0.4) is 0 Å². The summed E-state index contributed by atoms with van der Waals surface area (Å²) in [5, 5.41) is 16.6. The van der Waals surface area contributed by atoms with Crippen molar-refractivity contribution in [1.29, 1.82) is 0 Å². The molecule has 0 aliphatic carbocycles. The van der Waals surface area contributed by atoms with E-state index >= 15 is 0 Å². The summed E-state index contributed by atoms with van der Waals surface area (Å²) < 4.78 is 0. The Morgan fingerprint density at radius 3 is 1.89 bits per heavy atom. The lowest BCUT2D eigenvalue weighted by atomic mass is 9.98. The normalized spacial score (nSPS) is 12.7. The molecule has 3 rings (SSSR count). The molecule has 0 saturated heterocycles. The van der Waals surface area contributed by atoms with Gasteiger partial charge in [-0.15, -0.1) is 0 Å². The zero-order chi connectivity index (χ0) is 24.9. The van der Waals surface area contributed by atoms with Gasteiger partial charge in [-0.1, -0.05) is 126 Å². The van der Waals surface area contributed by atoms with Crippen molar-refractivity contribution in [2.75, 3.05) is 19.6 Å². The summed E-state index contributed by atoms with van der Waals surface area (Å²) in [5.74, 6) is 0. The number of unbranched alkanes of at least 4 members (excludes halogenated alkanes) is 10. The first-order chi connectivity index (χ1) is 17.1. The fourth-order valence-electron chi connectivity index (χ4n) is 5.16. The summed E-state index contributed by atoms with van der Waals surface area (Å²) in [6, 6.07) is 16.7. The second-order valence-corrected chi connectivity index (χ2v) is 10.6. The molecule has 35 heavy (non-hydrogen) atoms. The van der Waals surface area contributed by atoms with Crippen LogP contribution in [0.25, 0.3) is 21.5 Å². The van der Waals surface area contributed by atoms with E-state index < -0.39 is 6.10 Å². The van der Waals surface area contributed by atoms with Crippen molar-refractivity contribution in [1.82, 2.24) is 4.90 Å². The number of aliphatic hydroxyl groups is 1. The maximum Gasteiger partial charge on any atom is 0.0917 e. The molecule has 3 aromatic carbocycles. The van der Waals surface area contributed by atoms with Gasteiger partial charge in [-0.3, -0.25) is 0 Å². The van der Waals surface area contributed by atoms with E-state index in [1.165, 1.54) is 82.4 Å². The summed E-state index contributed by atoms with van der Waals surface area (Å²) in [7, 11) is 0. The molecule has 0 aromatic heterocycles. The molecule has 0 unspecified atom stereocenters. The van der Waals surface area contributed by atoms with Gasteiger partial charge >= 0.3 is 0 Å². The molecule has 0 radical (unpaired) electrons. The lowest BCUT2D eigenvalue weighted by molar-refractivity contribution is 0.110. The zero-order valence-electron chi connectivity index (χ0n) is 22.1. The van der Waals surface area contributed by atoms with Gasteiger partial charge in [0.05, 0.1) is 6.10 Å². The molecule has 0 bridgehead atoms. The first kappa shape index (κ1) is 28.0. The van der Waals surface area contributed by atoms with Gasteiger partial charge in [-0.05, 0) is 59.8 Å². The molecular weight excluding hydrogens is 450 g/mol. The minimum Gasteiger partial charge on any atom is -0.387 e. The minimum atomic E-state index is -0.478. The molecule has 1 atom stereocenters. The van der Waals surface area contributed by atoms with Crippen LogP contribution < -0.4 is 0 Å². The van der Waals surface area contributed by atoms with Crippen molar-refractivity contribution in [2.24, 2.45) is 0 Å². The van der Waals surface area contributed by atoms with E-state index in [1.807, 2.05) is 12.1 Å². The van der Waals surface area contributed by atoms with E-state index in [9.17, 15) is 5.11 Å². The molecule has 3 heteroatoms. The quantitative estimate of drug-likeness (QED) is 0.149. The largest absolute Gasteiger partial charge is 0.387 e. The number of rotatable bonds is 17. The van der Waals surface area contributed by atoms with Crippen LogP contribution in [-0.2, 0) is 0 Å². The van der Waals surface area contributed by atoms with E-state index in [0.29, 0.717) is 6.54 Å². The molecule has 3 aromatic rings. The standard InChI is InChI=1S/C32H46ClNO/c1-3-5-7-9-11-15-21-34(22-16-12-10-8-6-4-2)25-32(35)27-20-19-26-24-31(33)29-18-14-13-17-28(29)30(26)23-27/h13-14,17-20,23-24,32,35H,3-12,15-16,21-22,25H2,1-2H3/t32-/m0/s1. The number of fused-ring (bicyclic) bond motifs is 3. The van der Waals surface area contributed by atoms with Gasteiger partial charge in [0.1, 0.15) is 0 Å². The molecule has 0 saturated carbocycles. The second kappa shape index (κ2) is 15.5. The average molecular weight is 496 g/mol.